The van der Waals surface area contributed by atoms with E-state index in [0.717, 1.165) is 48.1 Å². The van der Waals surface area contributed by atoms with E-state index in [1.54, 1.807) is 17.7 Å². The number of nitrogens with zero attached hydrogens (tertiary/aromatic N) is 5. The largest absolute Gasteiger partial charge is 0.343 e. The first-order chi connectivity index (χ1) is 14.8. The number of aryl methyl sites for hydroxylation is 1. The maximum absolute atomic E-state index is 12.6. The van der Waals surface area contributed by atoms with E-state index in [1.165, 1.54) is 12.8 Å². The lowest BCUT2D eigenvalue weighted by atomic mass is 10.2. The second-order valence-corrected chi connectivity index (χ2v) is 8.40. The molecule has 1 aliphatic rings. The quantitative estimate of drug-likeness (QED) is 0.470. The molecule has 1 saturated heterocycles. The average molecular weight is 422 g/mol. The van der Waals surface area contributed by atoms with Gasteiger partial charge < -0.3 is 14.0 Å². The molecule has 4 heterocycles. The Bertz CT molecular complexity index is 1140. The first-order valence-electron chi connectivity index (χ1n) is 10.4. The van der Waals surface area contributed by atoms with E-state index in [9.17, 15) is 4.79 Å². The number of hydrogen-bond donors (Lipinski definition) is 0. The van der Waals surface area contributed by atoms with Crippen LogP contribution in [0.5, 0.6) is 0 Å². The number of imidazole rings is 1. The lowest BCUT2D eigenvalue weighted by Crippen LogP contribution is -2.32. The summed E-state index contributed by atoms with van der Waals surface area (Å²) < 4.78 is 7.43. The average Bonchev–Trinajstić information content (AvgIpc) is 3.49. The van der Waals surface area contributed by atoms with Crippen LogP contribution in [0.4, 0.5) is 0 Å². The number of carbonyl (C=O) groups excluding carboxylic acids is 1. The predicted octanol–water partition coefficient (Wildman–Crippen LogP) is 4.61. The number of hydrogen-bond acceptors (Lipinski definition) is 6. The molecule has 7 nitrogen and oxygen atoms in total. The van der Waals surface area contributed by atoms with Gasteiger partial charge >= 0.3 is 0 Å². The van der Waals surface area contributed by atoms with E-state index < -0.39 is 0 Å². The molecule has 5 rings (SSSR count). The molecule has 30 heavy (non-hydrogen) atoms. The van der Waals surface area contributed by atoms with E-state index in [-0.39, 0.29) is 5.91 Å². The van der Waals surface area contributed by atoms with Crippen LogP contribution in [-0.4, -0.2) is 43.6 Å². The minimum Gasteiger partial charge on any atom is -0.343 e. The summed E-state index contributed by atoms with van der Waals surface area (Å²) in [6, 6.07) is 7.90. The minimum absolute atomic E-state index is 0.239. The Labute approximate surface area is 178 Å². The highest BCUT2D eigenvalue weighted by molar-refractivity contribution is 7.08. The zero-order valence-electron chi connectivity index (χ0n) is 16.7. The number of rotatable bonds is 5. The second-order valence-electron chi connectivity index (χ2n) is 7.62. The van der Waals surface area contributed by atoms with Crippen molar-refractivity contribution in [3.63, 3.8) is 0 Å². The molecular formula is C22H23N5O2S. The monoisotopic (exact) mass is 421 g/mol. The van der Waals surface area contributed by atoms with Crippen LogP contribution in [0, 0.1) is 0 Å². The molecule has 0 spiro atoms. The van der Waals surface area contributed by atoms with Gasteiger partial charge in [0.15, 0.2) is 0 Å². The lowest BCUT2D eigenvalue weighted by Gasteiger charge is -2.20. The van der Waals surface area contributed by atoms with Crippen molar-refractivity contribution in [1.82, 2.24) is 24.6 Å². The van der Waals surface area contributed by atoms with E-state index in [4.69, 9.17) is 4.52 Å². The Morgan fingerprint density at radius 2 is 1.97 bits per heavy atom. The number of aromatic nitrogens is 4. The van der Waals surface area contributed by atoms with Crippen LogP contribution in [-0.2, 0) is 11.3 Å². The molecule has 0 saturated carbocycles. The van der Waals surface area contributed by atoms with Gasteiger partial charge in [0.25, 0.3) is 5.89 Å². The Kier molecular flexibility index (Phi) is 5.31. The third-order valence-electron chi connectivity index (χ3n) is 5.60. The van der Waals surface area contributed by atoms with Crippen molar-refractivity contribution in [2.24, 2.45) is 0 Å². The summed E-state index contributed by atoms with van der Waals surface area (Å²) in [5.41, 5.74) is 3.65. The number of fused-ring (bicyclic) bond motifs is 1. The smallest absolute Gasteiger partial charge is 0.259 e. The van der Waals surface area contributed by atoms with Crippen molar-refractivity contribution in [2.45, 2.75) is 38.6 Å². The fraction of sp³-hybridized carbons (Fsp3) is 0.364. The molecule has 0 N–H and O–H groups in total. The Morgan fingerprint density at radius 3 is 2.77 bits per heavy atom. The van der Waals surface area contributed by atoms with Gasteiger partial charge in [0.05, 0.1) is 22.9 Å². The highest BCUT2D eigenvalue weighted by atomic mass is 32.1. The summed E-state index contributed by atoms with van der Waals surface area (Å²) >= 11 is 1.59. The molecule has 3 aromatic heterocycles. The van der Waals surface area contributed by atoms with Gasteiger partial charge in [-0.1, -0.05) is 18.0 Å². The van der Waals surface area contributed by atoms with Crippen LogP contribution in [0.3, 0.4) is 0 Å². The summed E-state index contributed by atoms with van der Waals surface area (Å²) in [6.07, 6.45) is 7.00. The van der Waals surface area contributed by atoms with Gasteiger partial charge in [-0.05, 0) is 42.5 Å². The molecular weight excluding hydrogens is 398 g/mol. The van der Waals surface area contributed by atoms with E-state index >= 15 is 0 Å². The summed E-state index contributed by atoms with van der Waals surface area (Å²) in [5, 5.41) is 8.07. The third kappa shape index (κ3) is 3.87. The molecule has 4 aromatic rings. The molecule has 0 bridgehead atoms. The minimum atomic E-state index is 0.239. The van der Waals surface area contributed by atoms with Crippen LogP contribution in [0.25, 0.3) is 33.9 Å². The van der Waals surface area contributed by atoms with Crippen molar-refractivity contribution >= 4 is 28.3 Å². The predicted molar refractivity (Wildman–Crippen MR) is 116 cm³/mol. The van der Waals surface area contributed by atoms with Crippen LogP contribution in [0.1, 0.15) is 32.1 Å². The van der Waals surface area contributed by atoms with Crippen LogP contribution in [0.15, 0.2) is 45.9 Å². The molecule has 1 aliphatic heterocycles. The molecule has 1 amide bonds. The van der Waals surface area contributed by atoms with E-state index in [0.29, 0.717) is 24.7 Å². The first kappa shape index (κ1) is 19.0. The Morgan fingerprint density at radius 1 is 1.10 bits per heavy atom. The number of carbonyl (C=O) groups is 1. The van der Waals surface area contributed by atoms with Gasteiger partial charge in [-0.3, -0.25) is 4.79 Å². The van der Waals surface area contributed by atoms with E-state index in [2.05, 4.69) is 15.1 Å². The van der Waals surface area contributed by atoms with Gasteiger partial charge in [-0.15, -0.1) is 0 Å². The summed E-state index contributed by atoms with van der Waals surface area (Å²) in [5.74, 6) is 1.30. The molecule has 8 heteroatoms. The Hall–Kier alpha value is -3.00. The summed E-state index contributed by atoms with van der Waals surface area (Å²) in [6.45, 7) is 2.42. The van der Waals surface area contributed by atoms with Gasteiger partial charge in [-0.25, -0.2) is 4.98 Å². The molecule has 0 aliphatic carbocycles. The fourth-order valence-electron chi connectivity index (χ4n) is 3.92. The van der Waals surface area contributed by atoms with Crippen molar-refractivity contribution in [3.8, 4) is 22.8 Å². The summed E-state index contributed by atoms with van der Waals surface area (Å²) in [7, 11) is 0. The van der Waals surface area contributed by atoms with E-state index in [1.807, 2.05) is 44.5 Å². The molecule has 0 radical (unpaired) electrons. The van der Waals surface area contributed by atoms with Crippen LogP contribution >= 0.6 is 11.3 Å². The second kappa shape index (κ2) is 8.39. The molecule has 154 valence electrons. The summed E-state index contributed by atoms with van der Waals surface area (Å²) in [4.78, 5) is 23.6. The topological polar surface area (TPSA) is 77.0 Å². The molecule has 0 atom stereocenters. The van der Waals surface area contributed by atoms with Crippen molar-refractivity contribution in [2.75, 3.05) is 13.1 Å². The maximum Gasteiger partial charge on any atom is 0.259 e. The number of thiophene rings is 1. The van der Waals surface area contributed by atoms with Gasteiger partial charge in [0.2, 0.25) is 11.7 Å². The van der Waals surface area contributed by atoms with Gasteiger partial charge in [0, 0.05) is 37.0 Å². The maximum atomic E-state index is 12.6. The number of amides is 1. The van der Waals surface area contributed by atoms with Gasteiger partial charge in [0.1, 0.15) is 0 Å². The van der Waals surface area contributed by atoms with Crippen LogP contribution < -0.4 is 0 Å². The van der Waals surface area contributed by atoms with Gasteiger partial charge in [-0.2, -0.15) is 16.3 Å². The molecule has 1 aromatic carbocycles. The number of likely N-dealkylation sites (tertiary alicyclic amines) is 1. The van der Waals surface area contributed by atoms with Crippen molar-refractivity contribution in [1.29, 1.82) is 0 Å². The third-order valence-corrected chi connectivity index (χ3v) is 6.28. The first-order valence-corrected chi connectivity index (χ1v) is 11.3. The van der Waals surface area contributed by atoms with Crippen molar-refractivity contribution in [3.05, 3.63) is 41.4 Å². The molecule has 1 fully saturated rings. The highest BCUT2D eigenvalue weighted by Crippen LogP contribution is 2.26. The standard InChI is InChI=1S/C22H23N5O2S/c28-20(26-9-3-1-2-4-10-26)7-11-27-15-23-18-13-16(5-6-19(18)27)21-24-22(29-25-21)17-8-12-30-14-17/h5-6,8,12-15H,1-4,7,9-11H2. The normalized spacial score (nSPS) is 14.9. The molecule has 0 unspecified atom stereocenters. The highest BCUT2D eigenvalue weighted by Gasteiger charge is 2.16. The lowest BCUT2D eigenvalue weighted by molar-refractivity contribution is -0.131. The zero-order chi connectivity index (χ0) is 20.3. The zero-order valence-corrected chi connectivity index (χ0v) is 17.5. The fourth-order valence-corrected chi connectivity index (χ4v) is 4.55. The van der Waals surface area contributed by atoms with Crippen LogP contribution in [0.2, 0.25) is 0 Å². The SMILES string of the molecule is O=C(CCn1cnc2cc(-c3noc(-c4ccsc4)n3)ccc21)N1CCCCCC1. The van der Waals surface area contributed by atoms with Crippen molar-refractivity contribution < 1.29 is 9.32 Å². The number of benzene rings is 1. The Balaban J connectivity index is 1.30.